The van der Waals surface area contributed by atoms with Crippen LogP contribution in [0.5, 0.6) is 5.75 Å². The van der Waals surface area contributed by atoms with E-state index in [9.17, 15) is 27.6 Å². The van der Waals surface area contributed by atoms with Crippen LogP contribution in [0.15, 0.2) is 237 Å². The second-order valence-electron chi connectivity index (χ2n) is 16.2. The van der Waals surface area contributed by atoms with Gasteiger partial charge in [0, 0.05) is 78.8 Å². The monoisotopic (exact) mass is 1190 g/mol. The van der Waals surface area contributed by atoms with Crippen molar-refractivity contribution >= 4 is 65.2 Å². The third-order valence-electron chi connectivity index (χ3n) is 10.5. The number of ketones is 3. The number of hydrogen-bond donors (Lipinski definition) is 1. The molecule has 75 heavy (non-hydrogen) atoms. The van der Waals surface area contributed by atoms with Crippen LogP contribution in [0.1, 0.15) is 33.4 Å². The molecule has 1 fully saturated rings. The van der Waals surface area contributed by atoms with Crippen molar-refractivity contribution in [3.8, 4) is 5.75 Å². The number of piperazine rings is 1. The molecule has 1 heterocycles. The van der Waals surface area contributed by atoms with Crippen molar-refractivity contribution in [3.63, 3.8) is 0 Å². The number of nitrogen functional groups attached to an aromatic ring is 1. The second-order valence-corrected chi connectivity index (χ2v) is 16.2. The summed E-state index contributed by atoms with van der Waals surface area (Å²) >= 11 is 0. The summed E-state index contributed by atoms with van der Waals surface area (Å²) in [6.07, 6.45) is 15.6. The quantitative estimate of drug-likeness (QED) is 0.0659. The Morgan fingerprint density at radius 3 is 0.920 bits per heavy atom. The number of rotatable bonds is 14. The molecule has 0 aromatic heterocycles. The van der Waals surface area contributed by atoms with Gasteiger partial charge in [0.05, 0.1) is 5.69 Å². The summed E-state index contributed by atoms with van der Waals surface area (Å²) < 4.78 is 40.7. The molecule has 0 unspecified atom stereocenters. The van der Waals surface area contributed by atoms with Gasteiger partial charge in [-0.25, -0.2) is 0 Å². The van der Waals surface area contributed by atoms with Gasteiger partial charge >= 0.3 is 6.36 Å². The van der Waals surface area contributed by atoms with Crippen molar-refractivity contribution in [1.82, 2.24) is 4.90 Å². The molecule has 1 aliphatic heterocycles. The summed E-state index contributed by atoms with van der Waals surface area (Å²) in [6.45, 7) is 3.29. The van der Waals surface area contributed by atoms with Crippen molar-refractivity contribution in [2.75, 3.05) is 43.9 Å². The fourth-order valence-corrected chi connectivity index (χ4v) is 6.62. The minimum atomic E-state index is -4.73. The topological polar surface area (TPSA) is 92.9 Å². The molecular formula is C63H58F3N3O4Pd2. The largest absolute Gasteiger partial charge is 0.573 e. The van der Waals surface area contributed by atoms with Gasteiger partial charge in [0.2, 0.25) is 0 Å². The van der Waals surface area contributed by atoms with Gasteiger partial charge < -0.3 is 20.3 Å². The number of hydrogen-bond acceptors (Lipinski definition) is 7. The summed E-state index contributed by atoms with van der Waals surface area (Å²) in [5.41, 5.74) is 12.3. The molecule has 2 N–H and O–H groups in total. The van der Waals surface area contributed by atoms with Crippen LogP contribution in [0.4, 0.5) is 24.5 Å². The van der Waals surface area contributed by atoms with Gasteiger partial charge in [-0.3, -0.25) is 14.4 Å². The molecular weight excluding hydrogens is 1130 g/mol. The van der Waals surface area contributed by atoms with Crippen molar-refractivity contribution in [3.05, 3.63) is 270 Å². The Kier molecular flexibility index (Phi) is 28.7. The first-order valence-corrected chi connectivity index (χ1v) is 23.5. The number of nitrogens with zero attached hydrogens (tertiary/aromatic N) is 2. The smallest absolute Gasteiger partial charge is 0.404 e. The molecule has 0 saturated carbocycles. The van der Waals surface area contributed by atoms with Crippen LogP contribution < -0.4 is 15.4 Å². The molecule has 0 aliphatic carbocycles. The Balaban J connectivity index is 0.000000261. The number of halogens is 3. The number of likely N-dealkylation sites (N-methyl/N-ethyl adjacent to an activating group) is 1. The van der Waals surface area contributed by atoms with E-state index in [1.165, 1.54) is 12.1 Å². The van der Waals surface area contributed by atoms with E-state index in [1.54, 1.807) is 42.5 Å². The van der Waals surface area contributed by atoms with E-state index in [0.29, 0.717) is 5.69 Å². The van der Waals surface area contributed by atoms with Crippen molar-refractivity contribution in [1.29, 1.82) is 0 Å². The van der Waals surface area contributed by atoms with E-state index in [0.717, 1.165) is 59.6 Å². The van der Waals surface area contributed by atoms with E-state index >= 15 is 0 Å². The maximum atomic E-state index is 12.2. The number of alkyl halides is 3. The normalized spacial score (nSPS) is 12.5. The second kappa shape index (κ2) is 34.8. The fourth-order valence-electron chi connectivity index (χ4n) is 6.62. The van der Waals surface area contributed by atoms with Crippen LogP contribution in [0.2, 0.25) is 0 Å². The molecule has 0 atom stereocenters. The third kappa shape index (κ3) is 26.3. The third-order valence-corrected chi connectivity index (χ3v) is 10.5. The Hall–Kier alpha value is -7.54. The van der Waals surface area contributed by atoms with E-state index in [4.69, 9.17) is 5.73 Å². The molecule has 1 saturated heterocycles. The molecule has 7 aromatic carbocycles. The molecule has 0 radical (unpaired) electrons. The zero-order valence-electron chi connectivity index (χ0n) is 41.2. The first-order chi connectivity index (χ1) is 35.4. The summed E-state index contributed by atoms with van der Waals surface area (Å²) in [5.74, 6) is -0.378. The average molecular weight is 1190 g/mol. The maximum absolute atomic E-state index is 12.2. The van der Waals surface area contributed by atoms with E-state index < -0.39 is 6.36 Å². The SMILES string of the molecule is CN1CCN(c2ccc(N)c(OC(F)(F)F)c2)CC1.O=C(C=Cc1ccccc1)C=Cc1ccccc1.O=C(C=Cc1ccccc1)C=Cc1ccccc1.O=C(C=Cc1ccccc1)C=Cc1ccccc1.[Pd].[Pd]. The number of ether oxygens (including phenoxy) is 1. The first-order valence-electron chi connectivity index (χ1n) is 23.5. The Bertz CT molecular complexity index is 2520. The summed E-state index contributed by atoms with van der Waals surface area (Å²) in [4.78, 5) is 39.0. The number of benzene rings is 7. The van der Waals surface area contributed by atoms with Gasteiger partial charge in [0.15, 0.2) is 23.1 Å². The molecule has 12 heteroatoms. The molecule has 0 amide bonds. The Morgan fingerprint density at radius 1 is 0.427 bits per heavy atom. The molecule has 7 nitrogen and oxygen atoms in total. The number of carbonyl (C=O) groups excluding carboxylic acids is 3. The number of anilines is 2. The minimum Gasteiger partial charge on any atom is -0.404 e. The van der Waals surface area contributed by atoms with Gasteiger partial charge in [0.25, 0.3) is 0 Å². The van der Waals surface area contributed by atoms with Crippen molar-refractivity contribution in [2.24, 2.45) is 0 Å². The van der Waals surface area contributed by atoms with Crippen LogP contribution >= 0.6 is 0 Å². The van der Waals surface area contributed by atoms with Crippen molar-refractivity contribution < 1.29 is 73.1 Å². The van der Waals surface area contributed by atoms with E-state index in [2.05, 4.69) is 9.64 Å². The number of allylic oxidation sites excluding steroid dienone is 6. The zero-order chi connectivity index (χ0) is 51.9. The number of carbonyl (C=O) groups is 3. The molecule has 0 spiro atoms. The van der Waals surface area contributed by atoms with Crippen LogP contribution in [0.3, 0.4) is 0 Å². The van der Waals surface area contributed by atoms with E-state index in [-0.39, 0.29) is 69.6 Å². The molecule has 390 valence electrons. The number of nitrogens with two attached hydrogens (primary N) is 1. The fraction of sp³-hybridized carbons (Fsp3) is 0.0952. The van der Waals surface area contributed by atoms with Gasteiger partial charge in [-0.15, -0.1) is 13.2 Å². The first kappa shape index (κ1) is 61.8. The van der Waals surface area contributed by atoms with Crippen LogP contribution in [0, 0.1) is 0 Å². The zero-order valence-corrected chi connectivity index (χ0v) is 44.3. The summed E-state index contributed by atoms with van der Waals surface area (Å²) in [6, 6.07) is 63.1. The van der Waals surface area contributed by atoms with Gasteiger partial charge in [-0.2, -0.15) is 0 Å². The average Bonchev–Trinajstić information content (AvgIpc) is 3.42. The van der Waals surface area contributed by atoms with Crippen LogP contribution in [-0.2, 0) is 55.2 Å². The Labute approximate surface area is 466 Å². The minimum absolute atomic E-state index is 0. The Morgan fingerprint density at radius 2 is 0.680 bits per heavy atom. The van der Waals surface area contributed by atoms with E-state index in [1.807, 2.05) is 230 Å². The predicted octanol–water partition coefficient (Wildman–Crippen LogP) is 13.9. The van der Waals surface area contributed by atoms with Crippen LogP contribution in [-0.4, -0.2) is 61.8 Å². The van der Waals surface area contributed by atoms with Gasteiger partial charge in [-0.1, -0.05) is 218 Å². The van der Waals surface area contributed by atoms with Gasteiger partial charge in [0.1, 0.15) is 0 Å². The molecule has 7 aromatic rings. The van der Waals surface area contributed by atoms with Crippen molar-refractivity contribution in [2.45, 2.75) is 6.36 Å². The predicted molar refractivity (Wildman–Crippen MR) is 295 cm³/mol. The summed E-state index contributed by atoms with van der Waals surface area (Å²) in [5, 5.41) is 0. The molecule has 0 bridgehead atoms. The maximum Gasteiger partial charge on any atom is 0.573 e. The molecule has 8 rings (SSSR count). The molecule has 1 aliphatic rings. The summed E-state index contributed by atoms with van der Waals surface area (Å²) in [7, 11) is 2.01. The van der Waals surface area contributed by atoms with Gasteiger partial charge in [-0.05, 0) is 89.0 Å². The van der Waals surface area contributed by atoms with Crippen LogP contribution in [0.25, 0.3) is 36.5 Å². The standard InChI is InChI=1S/3C17H14O.C12H16F3N3O.2Pd/c3*18-17(13-11-15-7-3-1-4-8-15)14-12-16-9-5-2-6-10-16;1-17-4-6-18(7-5-17)9-2-3-10(16)11(8-9)19-12(13,14)15;;/h3*1-14H;2-3,8H,4-7,16H2,1H3;;.